The van der Waals surface area contributed by atoms with E-state index in [0.717, 1.165) is 12.0 Å². The van der Waals surface area contributed by atoms with Gasteiger partial charge < -0.3 is 0 Å². The highest BCUT2D eigenvalue weighted by molar-refractivity contribution is 5.65. The van der Waals surface area contributed by atoms with Crippen molar-refractivity contribution in [3.05, 3.63) is 53.4 Å². The first-order valence-electron chi connectivity index (χ1n) is 3.95. The minimum atomic E-state index is 0.595. The third-order valence-corrected chi connectivity index (χ3v) is 2.07. The average molecular weight is 160 g/mol. The van der Waals surface area contributed by atoms with Crippen LogP contribution in [-0.4, -0.2) is 0 Å². The lowest BCUT2D eigenvalue weighted by Gasteiger charge is -1.94. The van der Waals surface area contributed by atoms with Gasteiger partial charge in [-0.15, -0.1) is 0 Å². The van der Waals surface area contributed by atoms with E-state index in [2.05, 4.69) is 12.1 Å². The Bertz CT molecular complexity index is 348. The van der Waals surface area contributed by atoms with Crippen molar-refractivity contribution in [1.29, 1.82) is 0 Å². The highest BCUT2D eigenvalue weighted by Gasteiger charge is 2.08. The van der Waals surface area contributed by atoms with Gasteiger partial charge in [0, 0.05) is 0 Å². The van der Waals surface area contributed by atoms with Crippen LogP contribution in [0.5, 0.6) is 0 Å². The lowest BCUT2D eigenvalue weighted by atomic mass is 10.1. The largest absolute Gasteiger partial charge is 0.216 e. The monoisotopic (exact) mass is 160 g/mol. The zero-order valence-electron chi connectivity index (χ0n) is 6.63. The lowest BCUT2D eigenvalue weighted by Crippen LogP contribution is -1.80. The Morgan fingerprint density at radius 3 is 2.83 bits per heavy atom. The molecule has 0 unspecified atom stereocenters. The van der Waals surface area contributed by atoms with Gasteiger partial charge in [0.15, 0.2) is 0 Å². The van der Waals surface area contributed by atoms with E-state index in [1.165, 1.54) is 17.2 Å². The van der Waals surface area contributed by atoms with Crippen molar-refractivity contribution >= 4 is 6.08 Å². The molecular formula is C11H9F. The van der Waals surface area contributed by atoms with Gasteiger partial charge in [-0.3, -0.25) is 0 Å². The average Bonchev–Trinajstić information content (AvgIpc) is 2.47. The molecule has 12 heavy (non-hydrogen) atoms. The van der Waals surface area contributed by atoms with E-state index in [0.29, 0.717) is 6.33 Å². The van der Waals surface area contributed by atoms with Gasteiger partial charge >= 0.3 is 0 Å². The third-order valence-electron chi connectivity index (χ3n) is 2.07. The van der Waals surface area contributed by atoms with Crippen LogP contribution in [0.15, 0.2) is 42.2 Å². The number of allylic oxidation sites excluding steroid dienone is 2. The van der Waals surface area contributed by atoms with Gasteiger partial charge in [0.1, 0.15) is 0 Å². The van der Waals surface area contributed by atoms with E-state index >= 15 is 0 Å². The Morgan fingerprint density at radius 2 is 2.08 bits per heavy atom. The fraction of sp³-hybridized carbons (Fsp3) is 0.0909. The lowest BCUT2D eigenvalue weighted by molar-refractivity contribution is 0.720. The van der Waals surface area contributed by atoms with Crippen molar-refractivity contribution in [2.75, 3.05) is 0 Å². The molecule has 0 fully saturated rings. The molecular weight excluding hydrogens is 151 g/mol. The van der Waals surface area contributed by atoms with E-state index < -0.39 is 0 Å². The summed E-state index contributed by atoms with van der Waals surface area (Å²) in [5, 5.41) is 0. The van der Waals surface area contributed by atoms with Crippen molar-refractivity contribution in [2.24, 2.45) is 0 Å². The fourth-order valence-corrected chi connectivity index (χ4v) is 1.49. The molecule has 0 spiro atoms. The van der Waals surface area contributed by atoms with Crippen LogP contribution in [0.2, 0.25) is 0 Å². The molecule has 1 aromatic rings. The van der Waals surface area contributed by atoms with Gasteiger partial charge in [-0.2, -0.15) is 0 Å². The maximum atomic E-state index is 11.8. The van der Waals surface area contributed by atoms with Crippen molar-refractivity contribution in [1.82, 2.24) is 0 Å². The first-order chi connectivity index (χ1) is 5.90. The summed E-state index contributed by atoms with van der Waals surface area (Å²) in [6.07, 6.45) is 4.99. The number of rotatable bonds is 1. The minimum absolute atomic E-state index is 0.595. The van der Waals surface area contributed by atoms with Gasteiger partial charge in [0.05, 0.1) is 6.33 Å². The summed E-state index contributed by atoms with van der Waals surface area (Å²) in [7, 11) is 0. The Balaban J connectivity index is 2.35. The van der Waals surface area contributed by atoms with Gasteiger partial charge in [-0.25, -0.2) is 4.39 Å². The normalized spacial score (nSPS) is 14.9. The first-order valence-corrected chi connectivity index (χ1v) is 3.95. The van der Waals surface area contributed by atoms with Gasteiger partial charge in [-0.05, 0) is 29.2 Å². The Kier molecular flexibility index (Phi) is 1.78. The smallest absolute Gasteiger partial charge is 0.0869 e. The second-order valence-corrected chi connectivity index (χ2v) is 2.89. The fourth-order valence-electron chi connectivity index (χ4n) is 1.49. The quantitative estimate of drug-likeness (QED) is 0.592. The van der Waals surface area contributed by atoms with Crippen LogP contribution in [0.25, 0.3) is 6.08 Å². The number of hydrogen-bond acceptors (Lipinski definition) is 0. The summed E-state index contributed by atoms with van der Waals surface area (Å²) in [5.74, 6) is 0. The molecule has 1 aliphatic rings. The zero-order valence-corrected chi connectivity index (χ0v) is 6.63. The standard InChI is InChI=1S/C11H9F/c12-6-5-9-7-10-3-1-2-4-11(10)8-9/h1-7H,8H2. The van der Waals surface area contributed by atoms with Crippen LogP contribution in [0.4, 0.5) is 4.39 Å². The van der Waals surface area contributed by atoms with Crippen LogP contribution in [0, 0.1) is 0 Å². The van der Waals surface area contributed by atoms with E-state index in [1.807, 2.05) is 18.2 Å². The molecule has 0 radical (unpaired) electrons. The predicted molar refractivity (Wildman–Crippen MR) is 48.4 cm³/mol. The van der Waals surface area contributed by atoms with E-state index in [4.69, 9.17) is 0 Å². The molecule has 1 aromatic carbocycles. The maximum absolute atomic E-state index is 11.8. The molecule has 0 aromatic heterocycles. The summed E-state index contributed by atoms with van der Waals surface area (Å²) in [6.45, 7) is 0. The molecule has 0 nitrogen and oxygen atoms in total. The third kappa shape index (κ3) is 1.18. The number of benzene rings is 1. The van der Waals surface area contributed by atoms with Gasteiger partial charge in [0.25, 0.3) is 0 Å². The summed E-state index contributed by atoms with van der Waals surface area (Å²) >= 11 is 0. The highest BCUT2D eigenvalue weighted by atomic mass is 19.1. The molecule has 0 heterocycles. The topological polar surface area (TPSA) is 0 Å². The van der Waals surface area contributed by atoms with Crippen LogP contribution in [0.1, 0.15) is 11.1 Å². The Hall–Kier alpha value is -1.37. The molecule has 2 rings (SSSR count). The molecule has 60 valence electrons. The molecule has 0 saturated carbocycles. The summed E-state index contributed by atoms with van der Waals surface area (Å²) in [5.41, 5.74) is 3.54. The van der Waals surface area contributed by atoms with E-state index in [1.54, 1.807) is 0 Å². The first kappa shape index (κ1) is 7.29. The summed E-state index contributed by atoms with van der Waals surface area (Å²) in [6, 6.07) is 8.13. The molecule has 0 amide bonds. The second kappa shape index (κ2) is 2.94. The van der Waals surface area contributed by atoms with Gasteiger partial charge in [0.2, 0.25) is 0 Å². The molecule has 0 saturated heterocycles. The van der Waals surface area contributed by atoms with Crippen LogP contribution in [0.3, 0.4) is 0 Å². The SMILES string of the molecule is FC=CC1=Cc2ccccc2C1. The van der Waals surface area contributed by atoms with Crippen molar-refractivity contribution < 1.29 is 4.39 Å². The Labute approximate surface area is 71.0 Å². The summed E-state index contributed by atoms with van der Waals surface area (Å²) in [4.78, 5) is 0. The zero-order chi connectivity index (χ0) is 8.39. The molecule has 1 aliphatic carbocycles. The molecule has 0 bridgehead atoms. The number of fused-ring (bicyclic) bond motifs is 1. The van der Waals surface area contributed by atoms with E-state index in [-0.39, 0.29) is 0 Å². The molecule has 0 aliphatic heterocycles. The predicted octanol–water partition coefficient (Wildman–Crippen LogP) is 3.11. The second-order valence-electron chi connectivity index (χ2n) is 2.89. The number of hydrogen-bond donors (Lipinski definition) is 0. The molecule has 1 heteroatoms. The maximum Gasteiger partial charge on any atom is 0.0869 e. The van der Waals surface area contributed by atoms with Crippen LogP contribution in [-0.2, 0) is 6.42 Å². The Morgan fingerprint density at radius 1 is 1.25 bits per heavy atom. The van der Waals surface area contributed by atoms with Gasteiger partial charge in [-0.1, -0.05) is 30.3 Å². The highest BCUT2D eigenvalue weighted by Crippen LogP contribution is 2.24. The van der Waals surface area contributed by atoms with Crippen LogP contribution < -0.4 is 0 Å². The van der Waals surface area contributed by atoms with E-state index in [9.17, 15) is 4.39 Å². The summed E-state index contributed by atoms with van der Waals surface area (Å²) < 4.78 is 11.8. The van der Waals surface area contributed by atoms with Crippen LogP contribution >= 0.6 is 0 Å². The van der Waals surface area contributed by atoms with Crippen molar-refractivity contribution in [2.45, 2.75) is 6.42 Å². The molecule has 0 atom stereocenters. The number of halogens is 1. The van der Waals surface area contributed by atoms with Crippen molar-refractivity contribution in [3.8, 4) is 0 Å². The van der Waals surface area contributed by atoms with Crippen molar-refractivity contribution in [3.63, 3.8) is 0 Å². The minimum Gasteiger partial charge on any atom is -0.216 e. The molecule has 0 N–H and O–H groups in total.